The van der Waals surface area contributed by atoms with E-state index in [9.17, 15) is 14.7 Å². The van der Waals surface area contributed by atoms with Crippen molar-refractivity contribution in [3.8, 4) is 10.4 Å². The Morgan fingerprint density at radius 2 is 2.04 bits per heavy atom. The van der Waals surface area contributed by atoms with Gasteiger partial charge in [0.25, 0.3) is 5.91 Å². The Bertz CT molecular complexity index is 729. The zero-order valence-corrected chi connectivity index (χ0v) is 16.0. The number of carbonyl (C=O) groups excluding carboxylic acids is 2. The van der Waals surface area contributed by atoms with Crippen molar-refractivity contribution >= 4 is 23.2 Å². The predicted octanol–water partition coefficient (Wildman–Crippen LogP) is 2.45. The molecular formula is C19H25N3O3S. The highest BCUT2D eigenvalue weighted by Crippen LogP contribution is 2.24. The first-order valence-corrected chi connectivity index (χ1v) is 9.52. The Balaban J connectivity index is 2.05. The minimum absolute atomic E-state index is 0.344. The molecule has 2 rings (SSSR count). The molecule has 0 aliphatic carbocycles. The summed E-state index contributed by atoms with van der Waals surface area (Å²) in [5, 5.41) is 17.2. The second-order valence-electron chi connectivity index (χ2n) is 6.60. The third-order valence-corrected chi connectivity index (χ3v) is 4.80. The number of aromatic nitrogens is 1. The summed E-state index contributed by atoms with van der Waals surface area (Å²) in [5.74, 6) is -0.377. The second kappa shape index (κ2) is 9.45. The summed E-state index contributed by atoms with van der Waals surface area (Å²) in [6.45, 7) is 6.11. The SMILES string of the molecule is CC(C)CCNC(=O)[C@@H](NC(=O)c1cncc(-c2cccs2)c1)[C@@H](C)O. The summed E-state index contributed by atoms with van der Waals surface area (Å²) in [7, 11) is 0. The maximum atomic E-state index is 12.5. The number of thiophene rings is 1. The van der Waals surface area contributed by atoms with E-state index in [0.717, 1.165) is 16.9 Å². The molecule has 3 N–H and O–H groups in total. The van der Waals surface area contributed by atoms with Crippen molar-refractivity contribution in [3.63, 3.8) is 0 Å². The smallest absolute Gasteiger partial charge is 0.253 e. The number of nitrogens with zero attached hydrogens (tertiary/aromatic N) is 1. The van der Waals surface area contributed by atoms with Gasteiger partial charge in [-0.3, -0.25) is 14.6 Å². The van der Waals surface area contributed by atoms with Crippen LogP contribution in [0, 0.1) is 5.92 Å². The lowest BCUT2D eigenvalue weighted by Crippen LogP contribution is -2.52. The van der Waals surface area contributed by atoms with E-state index in [1.807, 2.05) is 17.5 Å². The maximum absolute atomic E-state index is 12.5. The van der Waals surface area contributed by atoms with Gasteiger partial charge in [-0.15, -0.1) is 11.3 Å². The van der Waals surface area contributed by atoms with Crippen molar-refractivity contribution in [1.29, 1.82) is 0 Å². The van der Waals surface area contributed by atoms with Gasteiger partial charge in [0.2, 0.25) is 5.91 Å². The lowest BCUT2D eigenvalue weighted by Gasteiger charge is -2.21. The Morgan fingerprint density at radius 1 is 1.27 bits per heavy atom. The van der Waals surface area contributed by atoms with Crippen LogP contribution in [-0.2, 0) is 4.79 Å². The van der Waals surface area contributed by atoms with Crippen LogP contribution in [0.2, 0.25) is 0 Å². The van der Waals surface area contributed by atoms with Crippen molar-refractivity contribution < 1.29 is 14.7 Å². The number of carbonyl (C=O) groups is 2. The number of aliphatic hydroxyl groups is 1. The number of amides is 2. The van der Waals surface area contributed by atoms with E-state index in [0.29, 0.717) is 18.0 Å². The summed E-state index contributed by atoms with van der Waals surface area (Å²) in [6.07, 6.45) is 2.96. The third kappa shape index (κ3) is 5.64. The molecule has 7 heteroatoms. The Kier molecular flexibility index (Phi) is 7.29. The molecule has 0 spiro atoms. The van der Waals surface area contributed by atoms with Gasteiger partial charge in [0, 0.05) is 29.4 Å². The summed E-state index contributed by atoms with van der Waals surface area (Å²) in [5.41, 5.74) is 1.18. The molecule has 0 aliphatic heterocycles. The van der Waals surface area contributed by atoms with Gasteiger partial charge < -0.3 is 15.7 Å². The van der Waals surface area contributed by atoms with Crippen LogP contribution in [-0.4, -0.2) is 40.6 Å². The van der Waals surface area contributed by atoms with Crippen molar-refractivity contribution in [1.82, 2.24) is 15.6 Å². The molecule has 0 saturated carbocycles. The van der Waals surface area contributed by atoms with Crippen LogP contribution in [0.25, 0.3) is 10.4 Å². The average Bonchev–Trinajstić information content (AvgIpc) is 3.13. The third-order valence-electron chi connectivity index (χ3n) is 3.88. The molecule has 0 unspecified atom stereocenters. The standard InChI is InChI=1S/C19H25N3O3S/c1-12(2)6-7-21-19(25)17(13(3)23)22-18(24)15-9-14(10-20-11-15)16-5-4-8-26-16/h4-5,8-13,17,23H,6-7H2,1-3H3,(H,21,25)(H,22,24)/t13-,17+/m1/s1. The van der Waals surface area contributed by atoms with E-state index in [2.05, 4.69) is 29.5 Å². The number of nitrogens with one attached hydrogen (secondary N) is 2. The fraction of sp³-hybridized carbons (Fsp3) is 0.421. The van der Waals surface area contributed by atoms with Crippen LogP contribution < -0.4 is 10.6 Å². The first kappa shape index (κ1) is 20.1. The van der Waals surface area contributed by atoms with E-state index in [-0.39, 0.29) is 0 Å². The summed E-state index contributed by atoms with van der Waals surface area (Å²) < 4.78 is 0. The van der Waals surface area contributed by atoms with Crippen LogP contribution >= 0.6 is 11.3 Å². The lowest BCUT2D eigenvalue weighted by molar-refractivity contribution is -0.125. The van der Waals surface area contributed by atoms with E-state index in [4.69, 9.17) is 0 Å². The van der Waals surface area contributed by atoms with Crippen LogP contribution in [0.1, 0.15) is 37.6 Å². The van der Waals surface area contributed by atoms with Gasteiger partial charge >= 0.3 is 0 Å². The normalized spacial score (nSPS) is 13.3. The molecule has 2 atom stereocenters. The first-order chi connectivity index (χ1) is 12.4. The van der Waals surface area contributed by atoms with Gasteiger partial charge in [-0.1, -0.05) is 19.9 Å². The van der Waals surface area contributed by atoms with Crippen LogP contribution in [0.5, 0.6) is 0 Å². The zero-order valence-electron chi connectivity index (χ0n) is 15.2. The largest absolute Gasteiger partial charge is 0.391 e. The molecule has 2 amide bonds. The number of hydrogen-bond donors (Lipinski definition) is 3. The van der Waals surface area contributed by atoms with E-state index in [1.54, 1.807) is 23.6 Å². The van der Waals surface area contributed by atoms with Crippen LogP contribution in [0.3, 0.4) is 0 Å². The molecule has 2 aromatic rings. The molecule has 0 fully saturated rings. The molecule has 26 heavy (non-hydrogen) atoms. The molecular weight excluding hydrogens is 350 g/mol. The number of hydrogen-bond acceptors (Lipinski definition) is 5. The minimum Gasteiger partial charge on any atom is -0.391 e. The van der Waals surface area contributed by atoms with Crippen LogP contribution in [0.15, 0.2) is 36.0 Å². The van der Waals surface area contributed by atoms with E-state index in [1.165, 1.54) is 13.1 Å². The zero-order chi connectivity index (χ0) is 19.1. The molecule has 0 bridgehead atoms. The molecule has 0 radical (unpaired) electrons. The van der Waals surface area contributed by atoms with E-state index < -0.39 is 24.0 Å². The molecule has 0 saturated heterocycles. The van der Waals surface area contributed by atoms with Crippen molar-refractivity contribution in [3.05, 3.63) is 41.5 Å². The van der Waals surface area contributed by atoms with Gasteiger partial charge in [-0.2, -0.15) is 0 Å². The quantitative estimate of drug-likeness (QED) is 0.661. The molecule has 140 valence electrons. The molecule has 6 nitrogen and oxygen atoms in total. The lowest BCUT2D eigenvalue weighted by atomic mass is 10.1. The van der Waals surface area contributed by atoms with Gasteiger partial charge in [-0.05, 0) is 36.8 Å². The highest BCUT2D eigenvalue weighted by molar-refractivity contribution is 7.13. The molecule has 0 aromatic carbocycles. The summed E-state index contributed by atoms with van der Waals surface area (Å²) >= 11 is 1.56. The molecule has 2 heterocycles. The Morgan fingerprint density at radius 3 is 2.65 bits per heavy atom. The van der Waals surface area contributed by atoms with Gasteiger partial charge in [0.15, 0.2) is 0 Å². The topological polar surface area (TPSA) is 91.3 Å². The average molecular weight is 375 g/mol. The van der Waals surface area contributed by atoms with Crippen molar-refractivity contribution in [2.24, 2.45) is 5.92 Å². The van der Waals surface area contributed by atoms with Gasteiger partial charge in [0.1, 0.15) is 6.04 Å². The first-order valence-electron chi connectivity index (χ1n) is 8.64. The Hall–Kier alpha value is -2.25. The van der Waals surface area contributed by atoms with Crippen LogP contribution in [0.4, 0.5) is 0 Å². The second-order valence-corrected chi connectivity index (χ2v) is 7.55. The van der Waals surface area contributed by atoms with Gasteiger partial charge in [-0.25, -0.2) is 0 Å². The number of pyridine rings is 1. The predicted molar refractivity (Wildman–Crippen MR) is 103 cm³/mol. The Labute approximate surface area is 157 Å². The van der Waals surface area contributed by atoms with E-state index >= 15 is 0 Å². The maximum Gasteiger partial charge on any atom is 0.253 e. The number of aliphatic hydroxyl groups excluding tert-OH is 1. The fourth-order valence-electron chi connectivity index (χ4n) is 2.37. The summed E-state index contributed by atoms with van der Waals surface area (Å²) in [6, 6.07) is 4.59. The molecule has 2 aromatic heterocycles. The number of rotatable bonds is 8. The highest BCUT2D eigenvalue weighted by atomic mass is 32.1. The highest BCUT2D eigenvalue weighted by Gasteiger charge is 2.26. The monoisotopic (exact) mass is 375 g/mol. The van der Waals surface area contributed by atoms with Crippen molar-refractivity contribution in [2.75, 3.05) is 6.54 Å². The minimum atomic E-state index is -1.01. The van der Waals surface area contributed by atoms with Gasteiger partial charge in [0.05, 0.1) is 11.7 Å². The van der Waals surface area contributed by atoms with Crippen molar-refractivity contribution in [2.45, 2.75) is 39.3 Å². The summed E-state index contributed by atoms with van der Waals surface area (Å²) in [4.78, 5) is 29.9. The fourth-order valence-corrected chi connectivity index (χ4v) is 3.07. The molecule has 0 aliphatic rings.